The molecule has 4 aromatic rings. The number of benzene rings is 4. The molecule has 0 spiro atoms. The number of carbonyl (C=O) groups is 2. The minimum absolute atomic E-state index is 0.0261. The monoisotopic (exact) mass is 509 g/mol. The van der Waals surface area contributed by atoms with Gasteiger partial charge in [0, 0.05) is 18.5 Å². The molecule has 194 valence electrons. The van der Waals surface area contributed by atoms with Crippen molar-refractivity contribution in [3.8, 4) is 11.5 Å². The summed E-state index contributed by atoms with van der Waals surface area (Å²) in [4.78, 5) is 24.4. The first-order valence-corrected chi connectivity index (χ1v) is 12.4. The van der Waals surface area contributed by atoms with Crippen LogP contribution in [0.5, 0.6) is 11.5 Å². The van der Waals surface area contributed by atoms with Crippen LogP contribution >= 0.6 is 0 Å². The van der Waals surface area contributed by atoms with Gasteiger partial charge < -0.3 is 14.8 Å². The van der Waals surface area contributed by atoms with E-state index < -0.39 is 0 Å². The van der Waals surface area contributed by atoms with Gasteiger partial charge in [0.05, 0.1) is 13.3 Å². The van der Waals surface area contributed by atoms with Gasteiger partial charge in [-0.15, -0.1) is 0 Å². The number of hydrazone groups is 1. The van der Waals surface area contributed by atoms with E-state index in [1.165, 1.54) is 6.21 Å². The zero-order chi connectivity index (χ0) is 26.9. The highest BCUT2D eigenvalue weighted by atomic mass is 16.5. The van der Waals surface area contributed by atoms with E-state index in [-0.39, 0.29) is 24.7 Å². The second kappa shape index (κ2) is 12.5. The molecule has 0 unspecified atom stereocenters. The van der Waals surface area contributed by atoms with Crippen molar-refractivity contribution in [1.82, 2.24) is 5.43 Å². The second-order valence-electron chi connectivity index (χ2n) is 9.00. The molecule has 0 fully saturated rings. The summed E-state index contributed by atoms with van der Waals surface area (Å²) in [6.45, 7) is 4.29. The topological polar surface area (TPSA) is 89.0 Å². The van der Waals surface area contributed by atoms with Crippen LogP contribution in [0.25, 0.3) is 10.8 Å². The predicted molar refractivity (Wildman–Crippen MR) is 151 cm³/mol. The number of methoxy groups -OCH3 is 1. The van der Waals surface area contributed by atoms with Gasteiger partial charge in [0.1, 0.15) is 6.61 Å². The van der Waals surface area contributed by atoms with Gasteiger partial charge in [0.2, 0.25) is 11.8 Å². The molecule has 2 N–H and O–H groups in total. The maximum Gasteiger partial charge on any atom is 0.240 e. The first-order valence-electron chi connectivity index (χ1n) is 12.4. The van der Waals surface area contributed by atoms with E-state index in [1.807, 2.05) is 68.4 Å². The maximum atomic E-state index is 12.2. The lowest BCUT2D eigenvalue weighted by atomic mass is 10.1. The zero-order valence-electron chi connectivity index (χ0n) is 21.8. The molecule has 0 atom stereocenters. The van der Waals surface area contributed by atoms with Crippen LogP contribution < -0.4 is 20.2 Å². The molecular weight excluding hydrogens is 478 g/mol. The van der Waals surface area contributed by atoms with Gasteiger partial charge in [-0.05, 0) is 71.1 Å². The Balaban J connectivity index is 1.28. The summed E-state index contributed by atoms with van der Waals surface area (Å²) in [7, 11) is 1.58. The van der Waals surface area contributed by atoms with E-state index in [9.17, 15) is 9.59 Å². The van der Waals surface area contributed by atoms with E-state index in [2.05, 4.69) is 34.0 Å². The molecule has 38 heavy (non-hydrogen) atoms. The van der Waals surface area contributed by atoms with Crippen LogP contribution in [0, 0.1) is 13.8 Å². The molecule has 0 saturated heterocycles. The van der Waals surface area contributed by atoms with Crippen molar-refractivity contribution < 1.29 is 19.1 Å². The van der Waals surface area contributed by atoms with Crippen molar-refractivity contribution in [3.05, 3.63) is 101 Å². The average Bonchev–Trinajstić information content (AvgIpc) is 2.93. The number of amides is 2. The summed E-state index contributed by atoms with van der Waals surface area (Å²) in [5, 5.41) is 9.17. The minimum atomic E-state index is -0.348. The van der Waals surface area contributed by atoms with Crippen molar-refractivity contribution in [2.24, 2.45) is 5.10 Å². The lowest BCUT2D eigenvalue weighted by Crippen LogP contribution is -2.21. The highest BCUT2D eigenvalue weighted by molar-refractivity contribution is 5.94. The number of nitrogens with zero attached hydrogens (tertiary/aromatic N) is 1. The third-order valence-corrected chi connectivity index (χ3v) is 6.10. The highest BCUT2D eigenvalue weighted by Gasteiger charge is 2.10. The molecule has 0 aliphatic rings. The van der Waals surface area contributed by atoms with Crippen LogP contribution in [0.2, 0.25) is 0 Å². The molecule has 0 aromatic heterocycles. The van der Waals surface area contributed by atoms with Gasteiger partial charge in [-0.25, -0.2) is 5.43 Å². The number of ether oxygens (including phenoxy) is 2. The summed E-state index contributed by atoms with van der Waals surface area (Å²) >= 11 is 0. The molecule has 4 aromatic carbocycles. The van der Waals surface area contributed by atoms with Crippen LogP contribution in [-0.4, -0.2) is 25.1 Å². The first kappa shape index (κ1) is 26.4. The highest BCUT2D eigenvalue weighted by Crippen LogP contribution is 2.29. The van der Waals surface area contributed by atoms with Crippen LogP contribution in [0.1, 0.15) is 35.1 Å². The molecule has 0 saturated carbocycles. The second-order valence-corrected chi connectivity index (χ2v) is 9.00. The molecule has 0 radical (unpaired) electrons. The number of hydrogen-bond donors (Lipinski definition) is 2. The molecule has 0 heterocycles. The van der Waals surface area contributed by atoms with Crippen molar-refractivity contribution in [2.45, 2.75) is 33.3 Å². The van der Waals surface area contributed by atoms with Crippen molar-refractivity contribution >= 4 is 34.5 Å². The average molecular weight is 510 g/mol. The normalized spacial score (nSPS) is 10.9. The maximum absolute atomic E-state index is 12.2. The van der Waals surface area contributed by atoms with Gasteiger partial charge in [-0.1, -0.05) is 54.6 Å². The fourth-order valence-corrected chi connectivity index (χ4v) is 4.00. The number of hydrogen-bond acceptors (Lipinski definition) is 5. The lowest BCUT2D eigenvalue weighted by molar-refractivity contribution is -0.124. The predicted octanol–water partition coefficient (Wildman–Crippen LogP) is 5.91. The fraction of sp³-hybridized carbons (Fsp3) is 0.194. The molecule has 4 rings (SSSR count). The zero-order valence-corrected chi connectivity index (χ0v) is 21.8. The summed E-state index contributed by atoms with van der Waals surface area (Å²) < 4.78 is 11.6. The van der Waals surface area contributed by atoms with Crippen LogP contribution in [0.3, 0.4) is 0 Å². The molecule has 7 heteroatoms. The summed E-state index contributed by atoms with van der Waals surface area (Å²) in [5.74, 6) is 0.598. The Morgan fingerprint density at radius 2 is 1.66 bits per heavy atom. The van der Waals surface area contributed by atoms with Crippen LogP contribution in [0.4, 0.5) is 5.69 Å². The van der Waals surface area contributed by atoms with Gasteiger partial charge in [0.25, 0.3) is 0 Å². The van der Waals surface area contributed by atoms with Gasteiger partial charge >= 0.3 is 0 Å². The first-order chi connectivity index (χ1) is 18.4. The standard InChI is InChI=1S/C31H31N3O4/c1-21-11-12-22(2)27(17-21)33-30(35)15-16-31(36)34-32-19-23-13-14-28(29(18-23)37-3)38-20-25-9-6-8-24-7-4-5-10-26(24)25/h4-14,17-19H,15-16,20H2,1-3H3,(H,33,35)(H,34,36). The SMILES string of the molecule is COc1cc(C=NNC(=O)CCC(=O)Nc2cc(C)ccc2C)ccc1OCc1cccc2ccccc12. The Bertz CT molecular complexity index is 1470. The Kier molecular flexibility index (Phi) is 8.72. The molecular formula is C31H31N3O4. The van der Waals surface area contributed by atoms with Crippen molar-refractivity contribution in [2.75, 3.05) is 12.4 Å². The fourth-order valence-electron chi connectivity index (χ4n) is 4.00. The number of carbonyl (C=O) groups excluding carboxylic acids is 2. The molecule has 0 aliphatic heterocycles. The lowest BCUT2D eigenvalue weighted by Gasteiger charge is -2.12. The van der Waals surface area contributed by atoms with Crippen LogP contribution in [-0.2, 0) is 16.2 Å². The Hall–Kier alpha value is -4.65. The van der Waals surface area contributed by atoms with E-state index in [0.29, 0.717) is 18.1 Å². The van der Waals surface area contributed by atoms with E-state index >= 15 is 0 Å². The number of nitrogens with one attached hydrogen (secondary N) is 2. The number of aryl methyl sites for hydroxylation is 2. The van der Waals surface area contributed by atoms with E-state index in [1.54, 1.807) is 13.2 Å². The van der Waals surface area contributed by atoms with Crippen molar-refractivity contribution in [3.63, 3.8) is 0 Å². The molecule has 2 amide bonds. The Labute approximate surface area is 222 Å². The Morgan fingerprint density at radius 3 is 2.50 bits per heavy atom. The molecule has 7 nitrogen and oxygen atoms in total. The van der Waals surface area contributed by atoms with Crippen molar-refractivity contribution in [1.29, 1.82) is 0 Å². The van der Waals surface area contributed by atoms with E-state index in [0.717, 1.165) is 38.7 Å². The third-order valence-electron chi connectivity index (χ3n) is 6.10. The summed E-state index contributed by atoms with van der Waals surface area (Å²) in [5.41, 5.74) is 7.06. The quantitative estimate of drug-likeness (QED) is 0.205. The summed E-state index contributed by atoms with van der Waals surface area (Å²) in [6, 6.07) is 25.6. The van der Waals surface area contributed by atoms with Gasteiger partial charge in [0.15, 0.2) is 11.5 Å². The van der Waals surface area contributed by atoms with Gasteiger partial charge in [-0.3, -0.25) is 9.59 Å². The van der Waals surface area contributed by atoms with E-state index in [4.69, 9.17) is 9.47 Å². The number of fused-ring (bicyclic) bond motifs is 1. The number of anilines is 1. The third kappa shape index (κ3) is 6.97. The number of rotatable bonds is 10. The van der Waals surface area contributed by atoms with Crippen LogP contribution in [0.15, 0.2) is 84.0 Å². The smallest absolute Gasteiger partial charge is 0.240 e. The minimum Gasteiger partial charge on any atom is -0.493 e. The Morgan fingerprint density at radius 1 is 0.868 bits per heavy atom. The molecule has 0 aliphatic carbocycles. The largest absolute Gasteiger partial charge is 0.493 e. The molecule has 0 bridgehead atoms. The summed E-state index contributed by atoms with van der Waals surface area (Å²) in [6.07, 6.45) is 1.61. The van der Waals surface area contributed by atoms with Gasteiger partial charge in [-0.2, -0.15) is 5.10 Å².